The van der Waals surface area contributed by atoms with Crippen molar-refractivity contribution in [2.45, 2.75) is 58.9 Å². The van der Waals surface area contributed by atoms with Crippen LogP contribution in [0.3, 0.4) is 0 Å². The molecule has 1 saturated heterocycles. The van der Waals surface area contributed by atoms with Crippen LogP contribution in [0.25, 0.3) is 0 Å². The number of aliphatic imine (C=N–C) groups is 1. The van der Waals surface area contributed by atoms with Crippen molar-refractivity contribution in [3.05, 3.63) is 0 Å². The second kappa shape index (κ2) is 8.59. The highest BCUT2D eigenvalue weighted by Gasteiger charge is 2.48. The third-order valence-corrected chi connectivity index (χ3v) is 6.16. The summed E-state index contributed by atoms with van der Waals surface area (Å²) in [6, 6.07) is 0.210. The number of guanidine groups is 1. The van der Waals surface area contributed by atoms with Gasteiger partial charge < -0.3 is 15.5 Å². The quantitative estimate of drug-likeness (QED) is 0.534. The molecule has 3 fully saturated rings. The van der Waals surface area contributed by atoms with Gasteiger partial charge >= 0.3 is 0 Å². The molecule has 0 aromatic heterocycles. The first-order chi connectivity index (χ1) is 12.5. The fourth-order valence-corrected chi connectivity index (χ4v) is 4.37. The van der Waals surface area contributed by atoms with Gasteiger partial charge in [0.2, 0.25) is 5.91 Å². The van der Waals surface area contributed by atoms with Gasteiger partial charge in [-0.2, -0.15) is 0 Å². The molecule has 1 heterocycles. The van der Waals surface area contributed by atoms with Crippen LogP contribution in [0.5, 0.6) is 0 Å². The maximum atomic E-state index is 12.0. The van der Waals surface area contributed by atoms with E-state index in [1.807, 2.05) is 13.8 Å². The number of nitrogens with one attached hydrogen (secondary N) is 2. The Labute approximate surface area is 158 Å². The highest BCUT2D eigenvalue weighted by atomic mass is 16.2. The van der Waals surface area contributed by atoms with Gasteiger partial charge in [0.15, 0.2) is 5.96 Å². The molecule has 3 aliphatic rings. The third kappa shape index (κ3) is 4.90. The van der Waals surface area contributed by atoms with E-state index in [0.717, 1.165) is 51.1 Å². The molecule has 1 aliphatic heterocycles. The SMILES string of the molecule is CCNC(=NCC1(C2CC2)CCC1)N1CCN(CC(=O)NC(C)C)CC1. The van der Waals surface area contributed by atoms with Gasteiger partial charge in [-0.3, -0.25) is 14.7 Å². The van der Waals surface area contributed by atoms with Crippen LogP contribution >= 0.6 is 0 Å². The van der Waals surface area contributed by atoms with Gasteiger partial charge in [0.05, 0.1) is 6.54 Å². The maximum absolute atomic E-state index is 12.0. The number of nitrogens with zero attached hydrogens (tertiary/aromatic N) is 3. The molecule has 0 spiro atoms. The minimum atomic E-state index is 0.130. The number of carbonyl (C=O) groups excluding carboxylic acids is 1. The summed E-state index contributed by atoms with van der Waals surface area (Å²) in [4.78, 5) is 21.6. The molecule has 2 saturated carbocycles. The molecule has 148 valence electrons. The summed E-state index contributed by atoms with van der Waals surface area (Å²) in [5.74, 6) is 2.15. The van der Waals surface area contributed by atoms with Crippen LogP contribution < -0.4 is 10.6 Å². The molecule has 2 N–H and O–H groups in total. The number of carbonyl (C=O) groups is 1. The molecular formula is C20H37N5O. The fraction of sp³-hybridized carbons (Fsp3) is 0.900. The Morgan fingerprint density at radius 1 is 1.19 bits per heavy atom. The minimum Gasteiger partial charge on any atom is -0.357 e. The van der Waals surface area contributed by atoms with Crippen LogP contribution in [0.4, 0.5) is 0 Å². The first-order valence-electron chi connectivity index (χ1n) is 10.6. The van der Waals surface area contributed by atoms with Crippen molar-refractivity contribution < 1.29 is 4.79 Å². The van der Waals surface area contributed by atoms with E-state index in [2.05, 4.69) is 27.4 Å². The topological polar surface area (TPSA) is 60.0 Å². The number of rotatable bonds is 7. The molecule has 3 rings (SSSR count). The Hall–Kier alpha value is -1.30. The van der Waals surface area contributed by atoms with Crippen molar-refractivity contribution in [2.75, 3.05) is 45.8 Å². The van der Waals surface area contributed by atoms with Crippen molar-refractivity contribution in [2.24, 2.45) is 16.3 Å². The Bertz CT molecular complexity index is 502. The maximum Gasteiger partial charge on any atom is 0.234 e. The van der Waals surface area contributed by atoms with E-state index in [4.69, 9.17) is 4.99 Å². The lowest BCUT2D eigenvalue weighted by atomic mass is 9.65. The molecular weight excluding hydrogens is 326 g/mol. The minimum absolute atomic E-state index is 0.130. The predicted molar refractivity (Wildman–Crippen MR) is 106 cm³/mol. The summed E-state index contributed by atoms with van der Waals surface area (Å²) < 4.78 is 0. The second-order valence-electron chi connectivity index (χ2n) is 8.65. The summed E-state index contributed by atoms with van der Waals surface area (Å²) in [7, 11) is 0. The van der Waals surface area contributed by atoms with E-state index in [0.29, 0.717) is 12.0 Å². The first-order valence-corrected chi connectivity index (χ1v) is 10.6. The van der Waals surface area contributed by atoms with Gasteiger partial charge in [0.1, 0.15) is 0 Å². The molecule has 1 amide bonds. The zero-order valence-electron chi connectivity index (χ0n) is 16.9. The standard InChI is InChI=1S/C20H37N5O/c1-4-21-19(22-15-20(8-5-9-20)17-6-7-17)25-12-10-24(11-13-25)14-18(26)23-16(2)3/h16-17H,4-15H2,1-3H3,(H,21,22)(H,23,26). The molecule has 2 aliphatic carbocycles. The normalized spacial score (nSPS) is 23.7. The molecule has 0 unspecified atom stereocenters. The average Bonchev–Trinajstić information content (AvgIpc) is 3.38. The molecule has 0 radical (unpaired) electrons. The fourth-order valence-electron chi connectivity index (χ4n) is 4.37. The number of hydrogen-bond donors (Lipinski definition) is 2. The highest BCUT2D eigenvalue weighted by Crippen LogP contribution is 2.57. The number of amides is 1. The predicted octanol–water partition coefficient (Wildman–Crippen LogP) is 1.67. The van der Waals surface area contributed by atoms with Crippen molar-refractivity contribution in [3.8, 4) is 0 Å². The van der Waals surface area contributed by atoms with Crippen molar-refractivity contribution >= 4 is 11.9 Å². The first kappa shape index (κ1) is 19.5. The Balaban J connectivity index is 1.50. The van der Waals surface area contributed by atoms with Crippen LogP contribution in [0.1, 0.15) is 52.9 Å². The van der Waals surface area contributed by atoms with Gasteiger partial charge in [-0.25, -0.2) is 0 Å². The van der Waals surface area contributed by atoms with Crippen LogP contribution in [0.2, 0.25) is 0 Å². The van der Waals surface area contributed by atoms with Crippen LogP contribution in [-0.2, 0) is 4.79 Å². The van der Waals surface area contributed by atoms with E-state index in [9.17, 15) is 4.79 Å². The zero-order chi connectivity index (χ0) is 18.6. The molecule has 6 heteroatoms. The van der Waals surface area contributed by atoms with E-state index < -0.39 is 0 Å². The summed E-state index contributed by atoms with van der Waals surface area (Å²) >= 11 is 0. The van der Waals surface area contributed by atoms with Gasteiger partial charge in [0, 0.05) is 45.3 Å². The number of hydrogen-bond acceptors (Lipinski definition) is 3. The van der Waals surface area contributed by atoms with Crippen molar-refractivity contribution in [1.29, 1.82) is 0 Å². The Morgan fingerprint density at radius 3 is 2.38 bits per heavy atom. The molecule has 0 bridgehead atoms. The van der Waals surface area contributed by atoms with Gasteiger partial charge in [-0.1, -0.05) is 6.42 Å². The summed E-state index contributed by atoms with van der Waals surface area (Å²) in [5, 5.41) is 6.47. The zero-order valence-corrected chi connectivity index (χ0v) is 16.9. The van der Waals surface area contributed by atoms with Crippen LogP contribution in [0, 0.1) is 11.3 Å². The lowest BCUT2D eigenvalue weighted by molar-refractivity contribution is -0.123. The highest BCUT2D eigenvalue weighted by molar-refractivity contribution is 5.80. The summed E-state index contributed by atoms with van der Waals surface area (Å²) in [6.45, 7) is 12.3. The lowest BCUT2D eigenvalue weighted by Crippen LogP contribution is -2.54. The average molecular weight is 364 g/mol. The van der Waals surface area contributed by atoms with Gasteiger partial charge in [-0.05, 0) is 57.8 Å². The van der Waals surface area contributed by atoms with E-state index in [1.54, 1.807) is 0 Å². The molecule has 0 aromatic rings. The number of piperazine rings is 1. The van der Waals surface area contributed by atoms with E-state index in [1.165, 1.54) is 32.1 Å². The van der Waals surface area contributed by atoms with Gasteiger partial charge in [0.25, 0.3) is 0 Å². The van der Waals surface area contributed by atoms with E-state index in [-0.39, 0.29) is 11.9 Å². The van der Waals surface area contributed by atoms with Crippen LogP contribution in [0.15, 0.2) is 4.99 Å². The van der Waals surface area contributed by atoms with Gasteiger partial charge in [-0.15, -0.1) is 0 Å². The smallest absolute Gasteiger partial charge is 0.234 e. The summed E-state index contributed by atoms with van der Waals surface area (Å²) in [5.41, 5.74) is 0.525. The largest absolute Gasteiger partial charge is 0.357 e. The lowest BCUT2D eigenvalue weighted by Gasteiger charge is -2.42. The molecule has 0 aromatic carbocycles. The van der Waals surface area contributed by atoms with Crippen LogP contribution in [-0.4, -0.2) is 73.5 Å². The summed E-state index contributed by atoms with van der Waals surface area (Å²) in [6.07, 6.45) is 6.98. The monoisotopic (exact) mass is 363 g/mol. The Morgan fingerprint density at radius 2 is 1.88 bits per heavy atom. The molecule has 0 atom stereocenters. The van der Waals surface area contributed by atoms with Crippen molar-refractivity contribution in [3.63, 3.8) is 0 Å². The van der Waals surface area contributed by atoms with Crippen molar-refractivity contribution in [1.82, 2.24) is 20.4 Å². The third-order valence-electron chi connectivity index (χ3n) is 6.16. The second-order valence-corrected chi connectivity index (χ2v) is 8.65. The molecule has 26 heavy (non-hydrogen) atoms. The Kier molecular flexibility index (Phi) is 6.43. The molecule has 6 nitrogen and oxygen atoms in total. The van der Waals surface area contributed by atoms with E-state index >= 15 is 0 Å².